The molecule has 2 saturated carbocycles. The summed E-state index contributed by atoms with van der Waals surface area (Å²) in [6.07, 6.45) is 1.32. The predicted molar refractivity (Wildman–Crippen MR) is 56.2 cm³/mol. The molecule has 86 valence electrons. The van der Waals surface area contributed by atoms with E-state index in [0.29, 0.717) is 0 Å². The van der Waals surface area contributed by atoms with Crippen LogP contribution in [0.5, 0.6) is 0 Å². The maximum atomic E-state index is 11.0. The van der Waals surface area contributed by atoms with Gasteiger partial charge in [0.25, 0.3) is 0 Å². The topological polar surface area (TPSA) is 46.5 Å². The van der Waals surface area contributed by atoms with Crippen molar-refractivity contribution >= 4 is 5.97 Å². The number of esters is 1. The molecule has 3 heteroatoms. The summed E-state index contributed by atoms with van der Waals surface area (Å²) in [7, 11) is 0. The van der Waals surface area contributed by atoms with Gasteiger partial charge in [-0.15, -0.1) is 0 Å². The van der Waals surface area contributed by atoms with Gasteiger partial charge in [-0.3, -0.25) is 4.79 Å². The Morgan fingerprint density at radius 1 is 1.40 bits per heavy atom. The zero-order chi connectivity index (χ0) is 11.4. The van der Waals surface area contributed by atoms with Gasteiger partial charge >= 0.3 is 5.97 Å². The van der Waals surface area contributed by atoms with Crippen molar-refractivity contribution in [1.29, 1.82) is 0 Å². The van der Waals surface area contributed by atoms with Gasteiger partial charge in [0.2, 0.25) is 0 Å². The van der Waals surface area contributed by atoms with E-state index in [4.69, 9.17) is 4.74 Å². The Morgan fingerprint density at radius 2 is 2.00 bits per heavy atom. The molecule has 0 spiro atoms. The summed E-state index contributed by atoms with van der Waals surface area (Å²) >= 11 is 0. The molecule has 0 aromatic heterocycles. The van der Waals surface area contributed by atoms with Crippen molar-refractivity contribution in [2.24, 2.45) is 16.7 Å². The minimum absolute atomic E-state index is 0.0154. The third-order valence-electron chi connectivity index (χ3n) is 4.98. The van der Waals surface area contributed by atoms with Crippen molar-refractivity contribution in [3.8, 4) is 0 Å². The van der Waals surface area contributed by atoms with E-state index in [0.717, 1.165) is 12.8 Å². The fraction of sp³-hybridized carbons (Fsp3) is 0.917. The van der Waals surface area contributed by atoms with Crippen LogP contribution in [0.4, 0.5) is 0 Å². The highest BCUT2D eigenvalue weighted by molar-refractivity contribution is 5.66. The summed E-state index contributed by atoms with van der Waals surface area (Å²) in [5, 5.41) is 9.93. The highest BCUT2D eigenvalue weighted by Crippen LogP contribution is 2.66. The molecule has 0 radical (unpaired) electrons. The van der Waals surface area contributed by atoms with Gasteiger partial charge in [-0.2, -0.15) is 0 Å². The van der Waals surface area contributed by atoms with Gasteiger partial charge < -0.3 is 9.84 Å². The van der Waals surface area contributed by atoms with Crippen molar-refractivity contribution in [2.45, 2.75) is 52.7 Å². The monoisotopic (exact) mass is 212 g/mol. The zero-order valence-corrected chi connectivity index (χ0v) is 9.91. The van der Waals surface area contributed by atoms with Gasteiger partial charge in [-0.1, -0.05) is 20.8 Å². The average molecular weight is 212 g/mol. The number of rotatable bonds is 1. The third-order valence-corrected chi connectivity index (χ3v) is 4.98. The van der Waals surface area contributed by atoms with Crippen LogP contribution in [0.15, 0.2) is 0 Å². The van der Waals surface area contributed by atoms with Crippen molar-refractivity contribution in [3.63, 3.8) is 0 Å². The molecular weight excluding hydrogens is 192 g/mol. The van der Waals surface area contributed by atoms with Gasteiger partial charge in [0.05, 0.1) is 6.10 Å². The van der Waals surface area contributed by atoms with Crippen molar-refractivity contribution < 1.29 is 14.6 Å². The third kappa shape index (κ3) is 1.25. The fourth-order valence-electron chi connectivity index (χ4n) is 3.61. The quantitative estimate of drug-likeness (QED) is 0.673. The number of carbonyl (C=O) groups excluding carboxylic acids is 1. The lowest BCUT2D eigenvalue weighted by atomic mass is 9.70. The second kappa shape index (κ2) is 2.97. The molecule has 0 amide bonds. The van der Waals surface area contributed by atoms with Crippen LogP contribution < -0.4 is 0 Å². The fourth-order valence-corrected chi connectivity index (χ4v) is 3.61. The highest BCUT2D eigenvalue weighted by atomic mass is 16.5. The molecule has 0 aromatic rings. The minimum Gasteiger partial charge on any atom is -0.462 e. The Bertz CT molecular complexity index is 297. The molecule has 0 heterocycles. The number of aliphatic hydroxyl groups excluding tert-OH is 1. The number of carbonyl (C=O) groups is 1. The average Bonchev–Trinajstić information content (AvgIpc) is 2.33. The maximum Gasteiger partial charge on any atom is 0.302 e. The summed E-state index contributed by atoms with van der Waals surface area (Å²) in [6.45, 7) is 7.95. The first-order valence-corrected chi connectivity index (χ1v) is 5.64. The molecule has 4 atom stereocenters. The first-order chi connectivity index (χ1) is 6.79. The predicted octanol–water partition coefficient (Wildman–Crippen LogP) is 1.74. The summed E-state index contributed by atoms with van der Waals surface area (Å²) in [6, 6.07) is 0. The van der Waals surface area contributed by atoms with Gasteiger partial charge in [0.1, 0.15) is 6.10 Å². The number of hydrogen-bond donors (Lipinski definition) is 1. The number of ether oxygens (including phenoxy) is 1. The van der Waals surface area contributed by atoms with E-state index >= 15 is 0 Å². The van der Waals surface area contributed by atoms with Gasteiger partial charge in [-0.05, 0) is 24.2 Å². The van der Waals surface area contributed by atoms with Crippen molar-refractivity contribution in [3.05, 3.63) is 0 Å². The van der Waals surface area contributed by atoms with Crippen LogP contribution >= 0.6 is 0 Å². The van der Waals surface area contributed by atoms with E-state index in [2.05, 4.69) is 20.8 Å². The molecule has 0 aromatic carbocycles. The molecule has 2 aliphatic rings. The summed E-state index contributed by atoms with van der Waals surface area (Å²) < 4.78 is 5.38. The van der Waals surface area contributed by atoms with Crippen LogP contribution in [0.2, 0.25) is 0 Å². The Labute approximate surface area is 90.8 Å². The molecule has 2 bridgehead atoms. The van der Waals surface area contributed by atoms with Crippen molar-refractivity contribution in [2.75, 3.05) is 0 Å². The molecule has 0 unspecified atom stereocenters. The maximum absolute atomic E-state index is 11.0. The first kappa shape index (κ1) is 10.9. The summed E-state index contributed by atoms with van der Waals surface area (Å²) in [5.74, 6) is 0.0610. The minimum atomic E-state index is -0.225. The molecular formula is C12H20O3. The summed E-state index contributed by atoms with van der Waals surface area (Å²) in [4.78, 5) is 11.0. The van der Waals surface area contributed by atoms with E-state index in [1.807, 2.05) is 0 Å². The smallest absolute Gasteiger partial charge is 0.302 e. The number of hydrogen-bond acceptors (Lipinski definition) is 3. The van der Waals surface area contributed by atoms with E-state index in [-0.39, 0.29) is 34.9 Å². The molecule has 3 nitrogen and oxygen atoms in total. The molecule has 2 rings (SSSR count). The summed E-state index contributed by atoms with van der Waals surface area (Å²) in [5.41, 5.74) is -0.00468. The molecule has 2 fully saturated rings. The second-order valence-corrected chi connectivity index (χ2v) is 5.85. The van der Waals surface area contributed by atoms with Gasteiger partial charge in [0, 0.05) is 12.3 Å². The van der Waals surface area contributed by atoms with Crippen LogP contribution in [0.25, 0.3) is 0 Å². The normalized spacial score (nSPS) is 46.9. The van der Waals surface area contributed by atoms with Crippen LogP contribution in [-0.2, 0) is 9.53 Å². The Morgan fingerprint density at radius 3 is 2.33 bits per heavy atom. The van der Waals surface area contributed by atoms with E-state index in [1.165, 1.54) is 6.92 Å². The zero-order valence-electron chi connectivity index (χ0n) is 9.91. The Kier molecular flexibility index (Phi) is 2.16. The standard InChI is InChI=1S/C12H20O3/c1-7(13)15-10-5-8-9(14)6-12(10,4)11(8,2)3/h8-10,14H,5-6H2,1-4H3/t8-,9+,10-,12-/m1/s1. The number of aliphatic hydroxyl groups is 1. The first-order valence-electron chi connectivity index (χ1n) is 5.64. The Hall–Kier alpha value is -0.570. The lowest BCUT2D eigenvalue weighted by molar-refractivity contribution is -0.155. The molecule has 15 heavy (non-hydrogen) atoms. The highest BCUT2D eigenvalue weighted by Gasteiger charge is 2.66. The molecule has 0 aliphatic heterocycles. The largest absolute Gasteiger partial charge is 0.462 e. The van der Waals surface area contributed by atoms with E-state index in [9.17, 15) is 9.90 Å². The van der Waals surface area contributed by atoms with Gasteiger partial charge in [0.15, 0.2) is 0 Å². The lowest BCUT2D eigenvalue weighted by Crippen LogP contribution is -2.38. The van der Waals surface area contributed by atoms with Crippen LogP contribution in [0, 0.1) is 16.7 Å². The van der Waals surface area contributed by atoms with Crippen LogP contribution in [0.3, 0.4) is 0 Å². The van der Waals surface area contributed by atoms with Crippen molar-refractivity contribution in [1.82, 2.24) is 0 Å². The molecule has 2 aliphatic carbocycles. The Balaban J connectivity index is 2.27. The van der Waals surface area contributed by atoms with E-state index in [1.54, 1.807) is 0 Å². The number of fused-ring (bicyclic) bond motifs is 2. The van der Waals surface area contributed by atoms with Crippen LogP contribution in [0.1, 0.15) is 40.5 Å². The molecule has 1 N–H and O–H groups in total. The van der Waals surface area contributed by atoms with Crippen LogP contribution in [-0.4, -0.2) is 23.3 Å². The van der Waals surface area contributed by atoms with E-state index < -0.39 is 0 Å². The van der Waals surface area contributed by atoms with Gasteiger partial charge in [-0.25, -0.2) is 0 Å². The second-order valence-electron chi connectivity index (χ2n) is 5.85. The molecule has 0 saturated heterocycles. The lowest BCUT2D eigenvalue weighted by Gasteiger charge is -2.38. The SMILES string of the molecule is CC(=O)O[C@@H]1C[C@@H]2[C@@H](O)C[C@@]1(C)C2(C)C.